The lowest BCUT2D eigenvalue weighted by Gasteiger charge is -2.27. The Morgan fingerprint density at radius 1 is 1.07 bits per heavy atom. The van der Waals surface area contributed by atoms with E-state index in [0.29, 0.717) is 24.1 Å². The largest absolute Gasteiger partial charge is 0.484 e. The van der Waals surface area contributed by atoms with E-state index in [4.69, 9.17) is 9.15 Å². The number of amides is 1. The number of carbonyl (C=O) groups excluding carboxylic acids is 1. The van der Waals surface area contributed by atoms with Gasteiger partial charge in [-0.05, 0) is 49.2 Å². The van der Waals surface area contributed by atoms with Gasteiger partial charge < -0.3 is 14.1 Å². The molecule has 29 heavy (non-hydrogen) atoms. The molecule has 150 valence electrons. The molecule has 1 fully saturated rings. The first-order chi connectivity index (χ1) is 14.2. The monoisotopic (exact) mass is 395 g/mol. The number of benzene rings is 2. The highest BCUT2D eigenvalue weighted by molar-refractivity contribution is 5.78. The minimum Gasteiger partial charge on any atom is -0.484 e. The third-order valence-electron chi connectivity index (χ3n) is 5.00. The average Bonchev–Trinajstić information content (AvgIpc) is 3.11. The lowest BCUT2D eigenvalue weighted by Crippen LogP contribution is -2.38. The first kappa shape index (κ1) is 19.1. The van der Waals surface area contributed by atoms with E-state index in [-0.39, 0.29) is 24.4 Å². The van der Waals surface area contributed by atoms with Gasteiger partial charge in [-0.15, -0.1) is 10.2 Å². The molecular formula is C22H22FN3O3. The van der Waals surface area contributed by atoms with Crippen molar-refractivity contribution in [2.24, 2.45) is 0 Å². The van der Waals surface area contributed by atoms with Crippen molar-refractivity contribution < 1.29 is 18.3 Å². The molecule has 0 saturated carbocycles. The Morgan fingerprint density at radius 2 is 1.86 bits per heavy atom. The van der Waals surface area contributed by atoms with Crippen molar-refractivity contribution in [2.75, 3.05) is 13.2 Å². The smallest absolute Gasteiger partial charge is 0.261 e. The Morgan fingerprint density at radius 3 is 2.66 bits per heavy atom. The molecular weight excluding hydrogens is 373 g/mol. The molecule has 0 bridgehead atoms. The quantitative estimate of drug-likeness (QED) is 0.641. The van der Waals surface area contributed by atoms with Crippen molar-refractivity contribution in [1.29, 1.82) is 0 Å². The summed E-state index contributed by atoms with van der Waals surface area (Å²) in [7, 11) is 0. The fourth-order valence-electron chi connectivity index (χ4n) is 3.49. The van der Waals surface area contributed by atoms with Crippen LogP contribution in [0.5, 0.6) is 5.75 Å². The highest BCUT2D eigenvalue weighted by Gasteiger charge is 2.31. The summed E-state index contributed by atoms with van der Waals surface area (Å²) in [4.78, 5) is 14.7. The maximum absolute atomic E-state index is 13.0. The Kier molecular flexibility index (Phi) is 5.84. The second-order valence-corrected chi connectivity index (χ2v) is 7.01. The Balaban J connectivity index is 1.49. The number of aromatic nitrogens is 2. The van der Waals surface area contributed by atoms with Crippen LogP contribution in [0.4, 0.5) is 4.39 Å². The molecule has 0 N–H and O–H groups in total. The minimum absolute atomic E-state index is 0.123. The average molecular weight is 395 g/mol. The van der Waals surface area contributed by atoms with Crippen LogP contribution in [0.1, 0.15) is 37.6 Å². The molecule has 1 unspecified atom stereocenters. The van der Waals surface area contributed by atoms with Crippen molar-refractivity contribution in [3.05, 3.63) is 66.3 Å². The molecule has 0 radical (unpaired) electrons. The van der Waals surface area contributed by atoms with Gasteiger partial charge in [-0.1, -0.05) is 31.0 Å². The zero-order chi connectivity index (χ0) is 20.1. The van der Waals surface area contributed by atoms with Gasteiger partial charge >= 0.3 is 0 Å². The van der Waals surface area contributed by atoms with Crippen LogP contribution < -0.4 is 4.74 Å². The van der Waals surface area contributed by atoms with Crippen LogP contribution in [0.15, 0.2) is 59.0 Å². The van der Waals surface area contributed by atoms with Crippen molar-refractivity contribution >= 4 is 5.91 Å². The number of hydrogen-bond donors (Lipinski definition) is 0. The molecule has 2 heterocycles. The summed E-state index contributed by atoms with van der Waals surface area (Å²) in [5, 5.41) is 8.39. The number of halogens is 1. The van der Waals surface area contributed by atoms with E-state index in [1.807, 2.05) is 30.3 Å². The van der Waals surface area contributed by atoms with Crippen LogP contribution in [0.2, 0.25) is 0 Å². The SMILES string of the molecule is O=C(COc1ccc(F)cc1)N1CCCCCC1c1nnc(-c2ccccc2)o1. The highest BCUT2D eigenvalue weighted by atomic mass is 19.1. The summed E-state index contributed by atoms with van der Waals surface area (Å²) in [6.45, 7) is 0.487. The molecule has 1 saturated heterocycles. The predicted octanol–water partition coefficient (Wildman–Crippen LogP) is 4.40. The second-order valence-electron chi connectivity index (χ2n) is 7.01. The van der Waals surface area contributed by atoms with Gasteiger partial charge in [0.25, 0.3) is 5.91 Å². The lowest BCUT2D eigenvalue weighted by molar-refractivity contribution is -0.136. The third-order valence-corrected chi connectivity index (χ3v) is 5.00. The number of nitrogens with zero attached hydrogens (tertiary/aromatic N) is 3. The van der Waals surface area contributed by atoms with E-state index in [9.17, 15) is 9.18 Å². The minimum atomic E-state index is -0.345. The van der Waals surface area contributed by atoms with Crippen molar-refractivity contribution in [3.8, 4) is 17.2 Å². The Hall–Kier alpha value is -3.22. The molecule has 0 spiro atoms. The zero-order valence-electron chi connectivity index (χ0n) is 16.0. The van der Waals surface area contributed by atoms with Gasteiger partial charge in [-0.2, -0.15) is 0 Å². The standard InChI is InChI=1S/C22H22FN3O3/c23-17-10-12-18(13-11-17)28-15-20(27)26-14-6-2-5-9-19(26)22-25-24-21(29-22)16-7-3-1-4-8-16/h1,3-4,7-8,10-13,19H,2,5-6,9,14-15H2. The Labute approximate surface area is 168 Å². The van der Waals surface area contributed by atoms with Gasteiger partial charge in [0.2, 0.25) is 11.8 Å². The number of hydrogen-bond acceptors (Lipinski definition) is 5. The summed E-state index contributed by atoms with van der Waals surface area (Å²) in [5.41, 5.74) is 0.845. The number of likely N-dealkylation sites (tertiary alicyclic amines) is 1. The predicted molar refractivity (Wildman–Crippen MR) is 105 cm³/mol. The lowest BCUT2D eigenvalue weighted by atomic mass is 10.1. The van der Waals surface area contributed by atoms with Crippen LogP contribution in [0.3, 0.4) is 0 Å². The summed E-state index contributed by atoms with van der Waals surface area (Å²) in [5.74, 6) is 0.846. The Bertz CT molecular complexity index is 943. The van der Waals surface area contributed by atoms with E-state index in [1.165, 1.54) is 24.3 Å². The summed E-state index contributed by atoms with van der Waals surface area (Å²) in [6.07, 6.45) is 3.70. The van der Waals surface area contributed by atoms with Gasteiger partial charge in [0.1, 0.15) is 17.6 Å². The number of carbonyl (C=O) groups is 1. The normalized spacial score (nSPS) is 17.0. The van der Waals surface area contributed by atoms with E-state index in [2.05, 4.69) is 10.2 Å². The van der Waals surface area contributed by atoms with Crippen molar-refractivity contribution in [3.63, 3.8) is 0 Å². The third kappa shape index (κ3) is 4.62. The maximum atomic E-state index is 13.0. The van der Waals surface area contributed by atoms with Gasteiger partial charge in [0, 0.05) is 12.1 Å². The van der Waals surface area contributed by atoms with Crippen LogP contribution >= 0.6 is 0 Å². The first-order valence-electron chi connectivity index (χ1n) is 9.77. The van der Waals surface area contributed by atoms with Crippen molar-refractivity contribution in [2.45, 2.75) is 31.7 Å². The van der Waals surface area contributed by atoms with Gasteiger partial charge in [-0.3, -0.25) is 4.79 Å². The molecule has 1 aromatic heterocycles. The van der Waals surface area contributed by atoms with E-state index >= 15 is 0 Å². The van der Waals surface area contributed by atoms with Gasteiger partial charge in [-0.25, -0.2) is 4.39 Å². The first-order valence-corrected chi connectivity index (χ1v) is 9.77. The van der Waals surface area contributed by atoms with Crippen LogP contribution in [0, 0.1) is 5.82 Å². The molecule has 7 heteroatoms. The topological polar surface area (TPSA) is 68.5 Å². The van der Waals surface area contributed by atoms with Gasteiger partial charge in [0.15, 0.2) is 6.61 Å². The molecule has 4 rings (SSSR count). The van der Waals surface area contributed by atoms with Crippen LogP contribution in [-0.4, -0.2) is 34.2 Å². The van der Waals surface area contributed by atoms with E-state index < -0.39 is 0 Å². The number of rotatable bonds is 5. The van der Waals surface area contributed by atoms with E-state index in [0.717, 1.165) is 31.2 Å². The molecule has 0 aliphatic carbocycles. The van der Waals surface area contributed by atoms with Crippen LogP contribution in [0.25, 0.3) is 11.5 Å². The molecule has 6 nitrogen and oxygen atoms in total. The summed E-state index contributed by atoms with van der Waals surface area (Å²) >= 11 is 0. The summed E-state index contributed by atoms with van der Waals surface area (Å²) in [6, 6.07) is 14.9. The van der Waals surface area contributed by atoms with Crippen molar-refractivity contribution in [1.82, 2.24) is 15.1 Å². The fourth-order valence-corrected chi connectivity index (χ4v) is 3.49. The number of ether oxygens (including phenoxy) is 1. The van der Waals surface area contributed by atoms with Crippen LogP contribution in [-0.2, 0) is 4.79 Å². The molecule has 3 aromatic rings. The molecule has 1 atom stereocenters. The van der Waals surface area contributed by atoms with E-state index in [1.54, 1.807) is 4.90 Å². The highest BCUT2D eigenvalue weighted by Crippen LogP contribution is 2.31. The zero-order valence-corrected chi connectivity index (χ0v) is 16.0. The fraction of sp³-hybridized carbons (Fsp3) is 0.318. The molecule has 1 aliphatic heterocycles. The van der Waals surface area contributed by atoms with Gasteiger partial charge in [0.05, 0.1) is 0 Å². The molecule has 1 amide bonds. The summed E-state index contributed by atoms with van der Waals surface area (Å²) < 4.78 is 24.5. The molecule has 2 aromatic carbocycles. The maximum Gasteiger partial charge on any atom is 0.261 e. The molecule has 1 aliphatic rings. The second kappa shape index (κ2) is 8.86.